The Kier molecular flexibility index (Phi) is 2.87. The quantitative estimate of drug-likeness (QED) is 0.607. The summed E-state index contributed by atoms with van der Waals surface area (Å²) in [5.41, 5.74) is 0. The van der Waals surface area contributed by atoms with Gasteiger partial charge in [0.15, 0.2) is 5.79 Å². The molecule has 2 atom stereocenters. The summed E-state index contributed by atoms with van der Waals surface area (Å²) >= 11 is 0. The molecule has 0 radical (unpaired) electrons. The second kappa shape index (κ2) is 3.52. The van der Waals surface area contributed by atoms with Crippen LogP contribution < -0.4 is 0 Å². The summed E-state index contributed by atoms with van der Waals surface area (Å²) in [5.74, 6) is -0.535. The van der Waals surface area contributed by atoms with Gasteiger partial charge >= 0.3 is 0 Å². The molecule has 0 N–H and O–H groups in total. The third-order valence-corrected chi connectivity index (χ3v) is 2.15. The van der Waals surface area contributed by atoms with Crippen LogP contribution >= 0.6 is 0 Å². The number of hydrogen-bond acceptors (Lipinski definition) is 3. The van der Waals surface area contributed by atoms with Crippen LogP contribution in [-0.2, 0) is 14.2 Å². The first kappa shape index (κ1) is 8.97. The van der Waals surface area contributed by atoms with Crippen LogP contribution in [0.3, 0.4) is 0 Å². The first-order valence-electron chi connectivity index (χ1n) is 4.03. The second-order valence-electron chi connectivity index (χ2n) is 2.84. The molecule has 0 bridgehead atoms. The summed E-state index contributed by atoms with van der Waals surface area (Å²) < 4.78 is 16.2. The molecule has 11 heavy (non-hydrogen) atoms. The topological polar surface area (TPSA) is 27.7 Å². The van der Waals surface area contributed by atoms with Gasteiger partial charge in [0.1, 0.15) is 6.10 Å². The maximum atomic E-state index is 5.48. The maximum absolute atomic E-state index is 5.48. The lowest BCUT2D eigenvalue weighted by atomic mass is 10.1. The van der Waals surface area contributed by atoms with E-state index in [0.717, 1.165) is 6.42 Å². The predicted molar refractivity (Wildman–Crippen MR) is 41.4 cm³/mol. The van der Waals surface area contributed by atoms with Gasteiger partial charge < -0.3 is 14.2 Å². The van der Waals surface area contributed by atoms with E-state index in [-0.39, 0.29) is 6.10 Å². The minimum absolute atomic E-state index is 0.0706. The van der Waals surface area contributed by atoms with Crippen molar-refractivity contribution in [2.45, 2.75) is 32.2 Å². The van der Waals surface area contributed by atoms with Crippen molar-refractivity contribution in [3.05, 3.63) is 0 Å². The minimum Gasteiger partial charge on any atom is -0.370 e. The van der Waals surface area contributed by atoms with Gasteiger partial charge in [0.2, 0.25) is 0 Å². The van der Waals surface area contributed by atoms with Crippen molar-refractivity contribution >= 4 is 0 Å². The summed E-state index contributed by atoms with van der Waals surface area (Å²) in [6.07, 6.45) is 0.992. The Hall–Kier alpha value is -0.120. The molecule has 1 saturated heterocycles. The van der Waals surface area contributed by atoms with Crippen molar-refractivity contribution in [2.75, 3.05) is 20.3 Å². The van der Waals surface area contributed by atoms with Crippen LogP contribution in [-0.4, -0.2) is 32.2 Å². The normalized spacial score (nSPS) is 39.0. The first-order chi connectivity index (χ1) is 5.23. The Labute approximate surface area is 67.6 Å². The smallest absolute Gasteiger partial charge is 0.191 e. The van der Waals surface area contributed by atoms with E-state index < -0.39 is 5.79 Å². The molecular formula is C8H16O3. The highest BCUT2D eigenvalue weighted by Gasteiger charge is 2.37. The standard InChI is InChI=1S/C8H16O3/c1-4-7-8(2,9-3)11-6-5-10-7/h7H,4-6H2,1-3H3. The van der Waals surface area contributed by atoms with E-state index in [1.165, 1.54) is 0 Å². The summed E-state index contributed by atoms with van der Waals surface area (Å²) in [6.45, 7) is 5.29. The molecule has 1 rings (SSSR count). The Bertz CT molecular complexity index is 127. The molecule has 0 aromatic carbocycles. The van der Waals surface area contributed by atoms with Crippen LogP contribution in [0, 0.1) is 0 Å². The summed E-state index contributed by atoms with van der Waals surface area (Å²) in [5, 5.41) is 0. The lowest BCUT2D eigenvalue weighted by molar-refractivity contribution is -0.306. The van der Waals surface area contributed by atoms with Gasteiger partial charge in [-0.05, 0) is 13.3 Å². The van der Waals surface area contributed by atoms with Crippen molar-refractivity contribution < 1.29 is 14.2 Å². The number of methoxy groups -OCH3 is 1. The SMILES string of the molecule is CCC1OCCOC1(C)OC. The maximum Gasteiger partial charge on any atom is 0.191 e. The van der Waals surface area contributed by atoms with Crippen LogP contribution in [0.4, 0.5) is 0 Å². The average molecular weight is 160 g/mol. The summed E-state index contributed by atoms with van der Waals surface area (Å²) in [6, 6.07) is 0. The summed E-state index contributed by atoms with van der Waals surface area (Å²) in [4.78, 5) is 0. The van der Waals surface area contributed by atoms with Crippen LogP contribution in [0.2, 0.25) is 0 Å². The van der Waals surface area contributed by atoms with Gasteiger partial charge in [-0.15, -0.1) is 0 Å². The zero-order valence-electron chi connectivity index (χ0n) is 7.42. The number of rotatable bonds is 2. The van der Waals surface area contributed by atoms with Crippen LogP contribution in [0.15, 0.2) is 0 Å². The van der Waals surface area contributed by atoms with Crippen LogP contribution in [0.25, 0.3) is 0 Å². The third-order valence-electron chi connectivity index (χ3n) is 2.15. The minimum atomic E-state index is -0.535. The Morgan fingerprint density at radius 1 is 1.55 bits per heavy atom. The molecular weight excluding hydrogens is 144 g/mol. The number of ether oxygens (including phenoxy) is 3. The second-order valence-corrected chi connectivity index (χ2v) is 2.84. The Morgan fingerprint density at radius 3 is 2.73 bits per heavy atom. The van der Waals surface area contributed by atoms with Gasteiger partial charge in [-0.2, -0.15) is 0 Å². The molecule has 0 spiro atoms. The van der Waals surface area contributed by atoms with Crippen molar-refractivity contribution in [1.29, 1.82) is 0 Å². The fourth-order valence-electron chi connectivity index (χ4n) is 1.36. The number of hydrogen-bond donors (Lipinski definition) is 0. The molecule has 0 saturated carbocycles. The van der Waals surface area contributed by atoms with Gasteiger partial charge in [0.05, 0.1) is 13.2 Å². The van der Waals surface area contributed by atoms with Crippen molar-refractivity contribution in [2.24, 2.45) is 0 Å². The molecule has 0 aromatic rings. The Balaban J connectivity index is 2.57. The zero-order valence-corrected chi connectivity index (χ0v) is 7.42. The fraction of sp³-hybridized carbons (Fsp3) is 1.00. The van der Waals surface area contributed by atoms with E-state index in [4.69, 9.17) is 14.2 Å². The molecule has 0 amide bonds. The van der Waals surface area contributed by atoms with E-state index in [0.29, 0.717) is 13.2 Å². The highest BCUT2D eigenvalue weighted by molar-refractivity contribution is 4.77. The molecule has 1 fully saturated rings. The van der Waals surface area contributed by atoms with Crippen molar-refractivity contribution in [1.82, 2.24) is 0 Å². The van der Waals surface area contributed by atoms with E-state index in [1.54, 1.807) is 7.11 Å². The van der Waals surface area contributed by atoms with Gasteiger partial charge in [0.25, 0.3) is 0 Å². The van der Waals surface area contributed by atoms with E-state index in [1.807, 2.05) is 6.92 Å². The molecule has 0 aliphatic carbocycles. The average Bonchev–Trinajstić information content (AvgIpc) is 2.05. The molecule has 66 valence electrons. The third kappa shape index (κ3) is 1.72. The molecule has 0 aromatic heterocycles. The molecule has 3 heteroatoms. The van der Waals surface area contributed by atoms with Crippen molar-refractivity contribution in [3.8, 4) is 0 Å². The van der Waals surface area contributed by atoms with E-state index in [9.17, 15) is 0 Å². The molecule has 1 aliphatic heterocycles. The lowest BCUT2D eigenvalue weighted by Gasteiger charge is -2.39. The highest BCUT2D eigenvalue weighted by atomic mass is 16.7. The monoisotopic (exact) mass is 160 g/mol. The van der Waals surface area contributed by atoms with Crippen LogP contribution in [0.5, 0.6) is 0 Å². The summed E-state index contributed by atoms with van der Waals surface area (Å²) in [7, 11) is 1.65. The van der Waals surface area contributed by atoms with Crippen LogP contribution in [0.1, 0.15) is 20.3 Å². The Morgan fingerprint density at radius 2 is 2.27 bits per heavy atom. The van der Waals surface area contributed by atoms with E-state index in [2.05, 4.69) is 6.92 Å². The van der Waals surface area contributed by atoms with Gasteiger partial charge in [-0.1, -0.05) is 6.92 Å². The lowest BCUT2D eigenvalue weighted by Crippen LogP contribution is -2.49. The van der Waals surface area contributed by atoms with Gasteiger partial charge in [0, 0.05) is 7.11 Å². The van der Waals surface area contributed by atoms with Gasteiger partial charge in [-0.3, -0.25) is 0 Å². The molecule has 1 heterocycles. The van der Waals surface area contributed by atoms with Gasteiger partial charge in [-0.25, -0.2) is 0 Å². The highest BCUT2D eigenvalue weighted by Crippen LogP contribution is 2.25. The fourth-order valence-corrected chi connectivity index (χ4v) is 1.36. The largest absolute Gasteiger partial charge is 0.370 e. The molecule has 1 aliphatic rings. The first-order valence-corrected chi connectivity index (χ1v) is 4.03. The predicted octanol–water partition coefficient (Wildman–Crippen LogP) is 1.17. The zero-order chi connectivity index (χ0) is 8.32. The van der Waals surface area contributed by atoms with Crippen molar-refractivity contribution in [3.63, 3.8) is 0 Å². The molecule has 2 unspecified atom stereocenters. The molecule has 3 nitrogen and oxygen atoms in total. The van der Waals surface area contributed by atoms with E-state index >= 15 is 0 Å².